The van der Waals surface area contributed by atoms with Gasteiger partial charge in [-0.1, -0.05) is 24.3 Å². The van der Waals surface area contributed by atoms with E-state index in [0.717, 1.165) is 49.2 Å². The Hall–Kier alpha value is -2.70. The molecule has 0 radical (unpaired) electrons. The standard InChI is InChI=1S/C26H32N2O4/c1-31-23-9-7-20(8-10-23)24(28-13-15-32-16-14-28)18-27-26(30)12-11-25(29)22-6-5-19-3-2-4-21(19)17-22/h5-10,17,24H,2-4,11-16,18H2,1H3,(H,27,30)/t24-/m0/s1. The van der Waals surface area contributed by atoms with Crippen LogP contribution in [-0.2, 0) is 22.4 Å². The van der Waals surface area contributed by atoms with Crippen LogP contribution in [0.2, 0.25) is 0 Å². The molecule has 4 rings (SSSR count). The van der Waals surface area contributed by atoms with E-state index in [1.54, 1.807) is 7.11 Å². The van der Waals surface area contributed by atoms with Crippen molar-refractivity contribution >= 4 is 11.7 Å². The lowest BCUT2D eigenvalue weighted by atomic mass is 10.0. The number of Topliss-reactive ketones (excluding diaryl/α,β-unsaturated/α-hetero) is 1. The molecule has 170 valence electrons. The van der Waals surface area contributed by atoms with E-state index in [1.807, 2.05) is 36.4 Å². The molecule has 1 amide bonds. The van der Waals surface area contributed by atoms with Crippen molar-refractivity contribution in [3.63, 3.8) is 0 Å². The minimum Gasteiger partial charge on any atom is -0.497 e. The monoisotopic (exact) mass is 436 g/mol. The Balaban J connectivity index is 1.32. The predicted octanol–water partition coefficient (Wildman–Crippen LogP) is 3.34. The Kier molecular flexibility index (Phi) is 7.55. The van der Waals surface area contributed by atoms with Crippen molar-refractivity contribution in [2.24, 2.45) is 0 Å². The smallest absolute Gasteiger partial charge is 0.220 e. The third-order valence-corrected chi connectivity index (χ3v) is 6.48. The molecule has 0 saturated carbocycles. The summed E-state index contributed by atoms with van der Waals surface area (Å²) in [7, 11) is 1.65. The number of nitrogens with one attached hydrogen (secondary N) is 1. The summed E-state index contributed by atoms with van der Waals surface area (Å²) in [5.74, 6) is 0.754. The summed E-state index contributed by atoms with van der Waals surface area (Å²) < 4.78 is 10.8. The number of amides is 1. The van der Waals surface area contributed by atoms with Gasteiger partial charge in [0, 0.05) is 38.0 Å². The molecule has 6 nitrogen and oxygen atoms in total. The van der Waals surface area contributed by atoms with E-state index >= 15 is 0 Å². The third kappa shape index (κ3) is 5.56. The first-order valence-electron chi connectivity index (χ1n) is 11.5. The van der Waals surface area contributed by atoms with Crippen LogP contribution in [0.3, 0.4) is 0 Å². The number of rotatable bonds is 9. The number of benzene rings is 2. The van der Waals surface area contributed by atoms with E-state index in [0.29, 0.717) is 19.8 Å². The largest absolute Gasteiger partial charge is 0.497 e. The average Bonchev–Trinajstić information content (AvgIpc) is 3.32. The molecule has 2 aromatic rings. The van der Waals surface area contributed by atoms with Crippen LogP contribution in [0.1, 0.15) is 52.4 Å². The quantitative estimate of drug-likeness (QED) is 0.611. The first kappa shape index (κ1) is 22.5. The lowest BCUT2D eigenvalue weighted by Crippen LogP contribution is -2.43. The number of aryl methyl sites for hydroxylation is 2. The van der Waals surface area contributed by atoms with Gasteiger partial charge in [-0.25, -0.2) is 0 Å². The molecule has 0 bridgehead atoms. The molecule has 1 atom stereocenters. The van der Waals surface area contributed by atoms with Gasteiger partial charge in [-0.3, -0.25) is 14.5 Å². The Morgan fingerprint density at radius 3 is 2.53 bits per heavy atom. The average molecular weight is 437 g/mol. The van der Waals surface area contributed by atoms with Crippen molar-refractivity contribution < 1.29 is 19.1 Å². The van der Waals surface area contributed by atoms with Gasteiger partial charge < -0.3 is 14.8 Å². The summed E-state index contributed by atoms with van der Waals surface area (Å²) >= 11 is 0. The van der Waals surface area contributed by atoms with E-state index in [4.69, 9.17) is 9.47 Å². The van der Waals surface area contributed by atoms with Gasteiger partial charge in [-0.15, -0.1) is 0 Å². The minimum absolute atomic E-state index is 0.0368. The van der Waals surface area contributed by atoms with Crippen molar-refractivity contribution in [2.75, 3.05) is 40.0 Å². The number of ether oxygens (including phenoxy) is 2. The van der Waals surface area contributed by atoms with E-state index in [2.05, 4.69) is 16.3 Å². The zero-order valence-electron chi connectivity index (χ0n) is 18.8. The van der Waals surface area contributed by atoms with Gasteiger partial charge in [-0.2, -0.15) is 0 Å². The number of ketones is 1. The second kappa shape index (κ2) is 10.7. The Labute approximate surface area is 189 Å². The van der Waals surface area contributed by atoms with Gasteiger partial charge in [0.25, 0.3) is 0 Å². The lowest BCUT2D eigenvalue weighted by Gasteiger charge is -2.35. The highest BCUT2D eigenvalue weighted by Gasteiger charge is 2.23. The summed E-state index contributed by atoms with van der Waals surface area (Å²) in [4.78, 5) is 27.5. The SMILES string of the molecule is COc1ccc([C@H](CNC(=O)CCC(=O)c2ccc3c(c2)CCC3)N2CCOCC2)cc1. The van der Waals surface area contributed by atoms with Crippen molar-refractivity contribution in [3.05, 3.63) is 64.7 Å². The maximum Gasteiger partial charge on any atom is 0.220 e. The predicted molar refractivity (Wildman–Crippen MR) is 123 cm³/mol. The molecule has 0 aromatic heterocycles. The number of carbonyl (C=O) groups is 2. The first-order valence-corrected chi connectivity index (χ1v) is 11.5. The van der Waals surface area contributed by atoms with Crippen LogP contribution in [0.25, 0.3) is 0 Å². The van der Waals surface area contributed by atoms with Crippen molar-refractivity contribution in [1.29, 1.82) is 0 Å². The molecule has 1 aliphatic heterocycles. The Morgan fingerprint density at radius 1 is 1.03 bits per heavy atom. The number of hydrogen-bond acceptors (Lipinski definition) is 5. The van der Waals surface area contributed by atoms with E-state index in [9.17, 15) is 9.59 Å². The van der Waals surface area contributed by atoms with Crippen LogP contribution in [0.4, 0.5) is 0 Å². The lowest BCUT2D eigenvalue weighted by molar-refractivity contribution is -0.121. The second-order valence-electron chi connectivity index (χ2n) is 8.50. The molecular weight excluding hydrogens is 404 g/mol. The van der Waals surface area contributed by atoms with Gasteiger partial charge in [0.15, 0.2) is 5.78 Å². The van der Waals surface area contributed by atoms with Gasteiger partial charge in [0.05, 0.1) is 26.4 Å². The fraction of sp³-hybridized carbons (Fsp3) is 0.462. The van der Waals surface area contributed by atoms with Crippen molar-refractivity contribution in [3.8, 4) is 5.75 Å². The summed E-state index contributed by atoms with van der Waals surface area (Å²) in [6.07, 6.45) is 3.74. The van der Waals surface area contributed by atoms with E-state index in [-0.39, 0.29) is 30.6 Å². The summed E-state index contributed by atoms with van der Waals surface area (Å²) in [6, 6.07) is 14.0. The Morgan fingerprint density at radius 2 is 1.78 bits per heavy atom. The number of hydrogen-bond donors (Lipinski definition) is 1. The normalized spacial score (nSPS) is 16.9. The molecule has 1 aliphatic carbocycles. The molecule has 1 N–H and O–H groups in total. The summed E-state index contributed by atoms with van der Waals surface area (Å²) in [5.41, 5.74) is 4.49. The van der Waals surface area contributed by atoms with Crippen LogP contribution in [-0.4, -0.2) is 56.5 Å². The molecule has 32 heavy (non-hydrogen) atoms. The van der Waals surface area contributed by atoms with Crippen LogP contribution in [0.15, 0.2) is 42.5 Å². The fourth-order valence-electron chi connectivity index (χ4n) is 4.59. The van der Waals surface area contributed by atoms with Gasteiger partial charge >= 0.3 is 0 Å². The van der Waals surface area contributed by atoms with Gasteiger partial charge in [0.1, 0.15) is 5.75 Å². The van der Waals surface area contributed by atoms with E-state index < -0.39 is 0 Å². The summed E-state index contributed by atoms with van der Waals surface area (Å²) in [5, 5.41) is 3.05. The number of nitrogens with zero attached hydrogens (tertiary/aromatic N) is 1. The molecule has 6 heteroatoms. The van der Waals surface area contributed by atoms with Crippen LogP contribution >= 0.6 is 0 Å². The highest BCUT2D eigenvalue weighted by Crippen LogP contribution is 2.25. The minimum atomic E-state index is -0.0914. The van der Waals surface area contributed by atoms with Crippen molar-refractivity contribution in [1.82, 2.24) is 10.2 Å². The molecule has 0 unspecified atom stereocenters. The second-order valence-corrected chi connectivity index (χ2v) is 8.50. The van der Waals surface area contributed by atoms with E-state index in [1.165, 1.54) is 11.1 Å². The number of carbonyl (C=O) groups excluding carboxylic acids is 2. The third-order valence-electron chi connectivity index (χ3n) is 6.48. The molecule has 1 saturated heterocycles. The molecular formula is C26H32N2O4. The zero-order valence-corrected chi connectivity index (χ0v) is 18.8. The van der Waals surface area contributed by atoms with Crippen LogP contribution in [0, 0.1) is 0 Å². The fourth-order valence-corrected chi connectivity index (χ4v) is 4.59. The molecule has 2 aromatic carbocycles. The van der Waals surface area contributed by atoms with Crippen molar-refractivity contribution in [2.45, 2.75) is 38.1 Å². The highest BCUT2D eigenvalue weighted by molar-refractivity contribution is 5.98. The number of morpholine rings is 1. The maximum atomic E-state index is 12.6. The molecule has 1 heterocycles. The number of methoxy groups -OCH3 is 1. The topological polar surface area (TPSA) is 67.9 Å². The molecule has 2 aliphatic rings. The van der Waals surface area contributed by atoms with Gasteiger partial charge in [0.2, 0.25) is 5.91 Å². The maximum absolute atomic E-state index is 12.6. The van der Waals surface area contributed by atoms with Crippen LogP contribution in [0.5, 0.6) is 5.75 Å². The first-order chi connectivity index (χ1) is 15.6. The molecule has 1 fully saturated rings. The van der Waals surface area contributed by atoms with Crippen LogP contribution < -0.4 is 10.1 Å². The summed E-state index contributed by atoms with van der Waals surface area (Å²) in [6.45, 7) is 3.52. The van der Waals surface area contributed by atoms with Gasteiger partial charge in [-0.05, 0) is 54.2 Å². The highest BCUT2D eigenvalue weighted by atomic mass is 16.5. The molecule has 0 spiro atoms. The zero-order chi connectivity index (χ0) is 22.3. The number of fused-ring (bicyclic) bond motifs is 1. The Bertz CT molecular complexity index is 935.